The van der Waals surface area contributed by atoms with Gasteiger partial charge in [-0.05, 0) is 24.6 Å². The van der Waals surface area contributed by atoms with Crippen LogP contribution in [0.15, 0.2) is 12.1 Å². The summed E-state index contributed by atoms with van der Waals surface area (Å²) in [6.07, 6.45) is 0. The molecular weight excluding hydrogens is 225 g/mol. The highest BCUT2D eigenvalue weighted by Crippen LogP contribution is 2.20. The van der Waals surface area contributed by atoms with Crippen LogP contribution in [0.4, 0.5) is 10.1 Å². The second-order valence-corrected chi connectivity index (χ2v) is 3.56. The molecule has 0 saturated heterocycles. The number of rotatable bonds is 5. The number of halogens is 1. The first-order valence-corrected chi connectivity index (χ1v) is 5.21. The number of carbonyl (C=O) groups is 1. The van der Waals surface area contributed by atoms with Crippen LogP contribution >= 0.6 is 0 Å². The topological polar surface area (TPSA) is 47.6 Å². The summed E-state index contributed by atoms with van der Waals surface area (Å²) in [4.78, 5) is 11.3. The number of aryl methyl sites for hydroxylation is 1. The molecule has 0 aromatic heterocycles. The molecule has 0 atom stereocenters. The van der Waals surface area contributed by atoms with Crippen molar-refractivity contribution in [2.45, 2.75) is 6.92 Å². The summed E-state index contributed by atoms with van der Waals surface area (Å²) in [7, 11) is 2.82. The van der Waals surface area contributed by atoms with Crippen LogP contribution in [0.25, 0.3) is 0 Å². The zero-order valence-corrected chi connectivity index (χ0v) is 10.2. The van der Waals surface area contributed by atoms with Crippen LogP contribution in [0.2, 0.25) is 0 Å². The minimum absolute atomic E-state index is 0.0233. The molecule has 0 aliphatic carbocycles. The fourth-order valence-corrected chi connectivity index (χ4v) is 1.50. The van der Waals surface area contributed by atoms with Crippen molar-refractivity contribution in [1.82, 2.24) is 0 Å². The predicted octanol–water partition coefficient (Wildman–Crippen LogP) is 1.98. The van der Waals surface area contributed by atoms with Gasteiger partial charge in [-0.2, -0.15) is 0 Å². The fraction of sp³-hybridized carbons (Fsp3) is 0.417. The Hall–Kier alpha value is -1.62. The SMILES string of the molecule is COCCNc1cc(C)c(C(=O)OC)c(F)c1. The first-order valence-electron chi connectivity index (χ1n) is 5.21. The summed E-state index contributed by atoms with van der Waals surface area (Å²) in [6.45, 7) is 2.77. The molecule has 4 nitrogen and oxygen atoms in total. The molecule has 0 heterocycles. The second-order valence-electron chi connectivity index (χ2n) is 3.56. The Morgan fingerprint density at radius 2 is 2.12 bits per heavy atom. The molecule has 1 aromatic rings. The lowest BCUT2D eigenvalue weighted by Crippen LogP contribution is -2.11. The van der Waals surface area contributed by atoms with E-state index < -0.39 is 11.8 Å². The maximum Gasteiger partial charge on any atom is 0.341 e. The Labute approximate surface area is 99.7 Å². The molecule has 94 valence electrons. The van der Waals surface area contributed by atoms with Crippen LogP contribution in [0.1, 0.15) is 15.9 Å². The highest BCUT2D eigenvalue weighted by atomic mass is 19.1. The van der Waals surface area contributed by atoms with Gasteiger partial charge in [-0.25, -0.2) is 9.18 Å². The van der Waals surface area contributed by atoms with Gasteiger partial charge in [0.15, 0.2) is 0 Å². The third kappa shape index (κ3) is 3.42. The summed E-state index contributed by atoms with van der Waals surface area (Å²) >= 11 is 0. The Morgan fingerprint density at radius 3 is 2.65 bits per heavy atom. The quantitative estimate of drug-likeness (QED) is 0.632. The molecule has 17 heavy (non-hydrogen) atoms. The van der Waals surface area contributed by atoms with Gasteiger partial charge in [0.2, 0.25) is 0 Å². The Balaban J connectivity index is 2.89. The molecule has 0 aliphatic rings. The number of hydrogen-bond acceptors (Lipinski definition) is 4. The van der Waals surface area contributed by atoms with E-state index in [9.17, 15) is 9.18 Å². The second kappa shape index (κ2) is 6.20. The van der Waals surface area contributed by atoms with Gasteiger partial charge in [-0.3, -0.25) is 0 Å². The molecule has 0 fully saturated rings. The van der Waals surface area contributed by atoms with Crippen LogP contribution in [0.3, 0.4) is 0 Å². The molecule has 1 aromatic carbocycles. The summed E-state index contributed by atoms with van der Waals surface area (Å²) in [5.41, 5.74) is 1.13. The van der Waals surface area contributed by atoms with Crippen LogP contribution in [0, 0.1) is 12.7 Å². The molecule has 0 saturated carbocycles. The molecule has 0 amide bonds. The highest BCUT2D eigenvalue weighted by molar-refractivity contribution is 5.91. The van der Waals surface area contributed by atoms with Crippen molar-refractivity contribution >= 4 is 11.7 Å². The fourth-order valence-electron chi connectivity index (χ4n) is 1.50. The van der Waals surface area contributed by atoms with E-state index >= 15 is 0 Å². The van der Waals surface area contributed by atoms with Gasteiger partial charge in [-0.15, -0.1) is 0 Å². The maximum atomic E-state index is 13.7. The maximum absolute atomic E-state index is 13.7. The van der Waals surface area contributed by atoms with E-state index in [1.165, 1.54) is 13.2 Å². The van der Waals surface area contributed by atoms with Crippen molar-refractivity contribution in [1.29, 1.82) is 0 Å². The largest absolute Gasteiger partial charge is 0.465 e. The number of nitrogens with one attached hydrogen (secondary N) is 1. The van der Waals surface area contributed by atoms with E-state index in [-0.39, 0.29) is 5.56 Å². The van der Waals surface area contributed by atoms with Crippen LogP contribution in [-0.2, 0) is 9.47 Å². The van der Waals surface area contributed by atoms with E-state index in [0.717, 1.165) is 0 Å². The van der Waals surface area contributed by atoms with Gasteiger partial charge in [0.1, 0.15) is 5.82 Å². The first kappa shape index (κ1) is 13.4. The van der Waals surface area contributed by atoms with Crippen LogP contribution in [-0.4, -0.2) is 33.3 Å². The lowest BCUT2D eigenvalue weighted by atomic mass is 10.1. The molecule has 0 radical (unpaired) electrons. The van der Waals surface area contributed by atoms with Crippen LogP contribution in [0.5, 0.6) is 0 Å². The number of esters is 1. The standard InChI is InChI=1S/C12H16FNO3/c1-8-6-9(14-4-5-16-2)7-10(13)11(8)12(15)17-3/h6-7,14H,4-5H2,1-3H3. The number of ether oxygens (including phenoxy) is 2. The average molecular weight is 241 g/mol. The lowest BCUT2D eigenvalue weighted by Gasteiger charge is -2.10. The number of benzene rings is 1. The lowest BCUT2D eigenvalue weighted by molar-refractivity contribution is 0.0594. The zero-order chi connectivity index (χ0) is 12.8. The monoisotopic (exact) mass is 241 g/mol. The molecule has 5 heteroatoms. The molecule has 0 aliphatic heterocycles. The Morgan fingerprint density at radius 1 is 1.41 bits per heavy atom. The minimum atomic E-state index is -0.663. The van der Waals surface area contributed by atoms with Crippen molar-refractivity contribution in [3.8, 4) is 0 Å². The highest BCUT2D eigenvalue weighted by Gasteiger charge is 2.16. The zero-order valence-electron chi connectivity index (χ0n) is 10.2. The third-order valence-electron chi connectivity index (χ3n) is 2.31. The molecule has 0 unspecified atom stereocenters. The van der Waals surface area contributed by atoms with Gasteiger partial charge in [0, 0.05) is 19.3 Å². The third-order valence-corrected chi connectivity index (χ3v) is 2.31. The van der Waals surface area contributed by atoms with Crippen molar-refractivity contribution in [2.24, 2.45) is 0 Å². The van der Waals surface area contributed by atoms with Crippen molar-refractivity contribution in [3.05, 3.63) is 29.1 Å². The van der Waals surface area contributed by atoms with Gasteiger partial charge < -0.3 is 14.8 Å². The van der Waals surface area contributed by atoms with E-state index in [2.05, 4.69) is 10.1 Å². The number of carbonyl (C=O) groups excluding carboxylic acids is 1. The van der Waals surface area contributed by atoms with Gasteiger partial charge in [0.05, 0.1) is 19.3 Å². The summed E-state index contributed by atoms with van der Waals surface area (Å²) < 4.78 is 23.1. The number of hydrogen-bond donors (Lipinski definition) is 1. The molecular formula is C12H16FNO3. The van der Waals surface area contributed by atoms with E-state index in [4.69, 9.17) is 4.74 Å². The predicted molar refractivity (Wildman–Crippen MR) is 62.8 cm³/mol. The minimum Gasteiger partial charge on any atom is -0.465 e. The first-order chi connectivity index (χ1) is 8.10. The van der Waals surface area contributed by atoms with Gasteiger partial charge in [0.25, 0.3) is 0 Å². The van der Waals surface area contributed by atoms with Gasteiger partial charge in [-0.1, -0.05) is 0 Å². The van der Waals surface area contributed by atoms with Crippen molar-refractivity contribution in [2.75, 3.05) is 32.7 Å². The smallest absolute Gasteiger partial charge is 0.341 e. The average Bonchev–Trinajstić information content (AvgIpc) is 2.28. The summed E-state index contributed by atoms with van der Waals surface area (Å²) in [5.74, 6) is -1.25. The van der Waals surface area contributed by atoms with Gasteiger partial charge >= 0.3 is 5.97 Å². The van der Waals surface area contributed by atoms with E-state index in [0.29, 0.717) is 24.4 Å². The Kier molecular flexibility index (Phi) is 4.90. The number of anilines is 1. The van der Waals surface area contributed by atoms with E-state index in [1.807, 2.05) is 0 Å². The summed E-state index contributed by atoms with van der Waals surface area (Å²) in [5, 5.41) is 2.99. The number of methoxy groups -OCH3 is 2. The molecule has 1 N–H and O–H groups in total. The summed E-state index contributed by atoms with van der Waals surface area (Å²) in [6, 6.07) is 2.97. The van der Waals surface area contributed by atoms with Crippen molar-refractivity contribution in [3.63, 3.8) is 0 Å². The molecule has 0 bridgehead atoms. The van der Waals surface area contributed by atoms with E-state index in [1.54, 1.807) is 20.1 Å². The molecule has 0 spiro atoms. The van der Waals surface area contributed by atoms with Crippen LogP contribution < -0.4 is 5.32 Å². The molecule has 1 rings (SSSR count). The Bertz CT molecular complexity index is 384. The van der Waals surface area contributed by atoms with Crippen molar-refractivity contribution < 1.29 is 18.7 Å². The normalized spacial score (nSPS) is 10.1.